The van der Waals surface area contributed by atoms with Crippen LogP contribution >= 0.6 is 0 Å². The molecule has 0 spiro atoms. The molecule has 5 nitrogen and oxygen atoms in total. The molecule has 31 heavy (non-hydrogen) atoms. The van der Waals surface area contributed by atoms with Crippen LogP contribution in [0.2, 0.25) is 0 Å². The van der Waals surface area contributed by atoms with Gasteiger partial charge >= 0.3 is 5.97 Å². The second-order valence-electron chi connectivity index (χ2n) is 8.72. The lowest BCUT2D eigenvalue weighted by atomic mass is 9.96. The minimum Gasteiger partial charge on any atom is -0.508 e. The number of aliphatic carboxylic acids is 1. The molecule has 1 rings (SSSR count). The van der Waals surface area contributed by atoms with Gasteiger partial charge in [0.15, 0.2) is 0 Å². The molecule has 0 aliphatic heterocycles. The maximum Gasteiger partial charge on any atom is 0.304 e. The van der Waals surface area contributed by atoms with Crippen LogP contribution in [-0.2, 0) is 9.59 Å². The third-order valence-electron chi connectivity index (χ3n) is 5.83. The van der Waals surface area contributed by atoms with Crippen LogP contribution in [0.15, 0.2) is 24.3 Å². The Labute approximate surface area is 188 Å². The number of carbonyl (C=O) groups is 2. The standard InChI is InChI=1S/C26H43NO4/c1-2-3-4-5-6-7-8-9-10-11-12-13-14-15-16-22(21-25(29)30)26(31)27-23-17-19-24(28)20-18-23/h17-20,22,28H,2-16,21H2,1H3,(H,27,31)(H,29,30). The zero-order chi connectivity index (χ0) is 22.7. The first-order valence-electron chi connectivity index (χ1n) is 12.3. The number of phenolic OH excluding ortho intramolecular Hbond substituents is 1. The van der Waals surface area contributed by atoms with E-state index in [1.165, 1.54) is 82.8 Å². The molecule has 3 N–H and O–H groups in total. The minimum atomic E-state index is -0.948. The van der Waals surface area contributed by atoms with Gasteiger partial charge in [0.1, 0.15) is 5.75 Å². The molecular weight excluding hydrogens is 390 g/mol. The summed E-state index contributed by atoms with van der Waals surface area (Å²) in [5, 5.41) is 21.2. The van der Waals surface area contributed by atoms with Crippen molar-refractivity contribution >= 4 is 17.6 Å². The van der Waals surface area contributed by atoms with Gasteiger partial charge in [0.25, 0.3) is 0 Å². The molecule has 1 unspecified atom stereocenters. The average molecular weight is 434 g/mol. The minimum absolute atomic E-state index is 0.127. The monoisotopic (exact) mass is 433 g/mol. The zero-order valence-electron chi connectivity index (χ0n) is 19.4. The number of amides is 1. The Balaban J connectivity index is 2.10. The first-order chi connectivity index (χ1) is 15.0. The van der Waals surface area contributed by atoms with Crippen molar-refractivity contribution in [3.8, 4) is 5.75 Å². The largest absolute Gasteiger partial charge is 0.508 e. The van der Waals surface area contributed by atoms with Crippen molar-refractivity contribution in [2.45, 2.75) is 110 Å². The number of rotatable bonds is 19. The van der Waals surface area contributed by atoms with Crippen LogP contribution in [0, 0.1) is 5.92 Å². The molecule has 1 aromatic rings. The molecule has 0 aliphatic carbocycles. The van der Waals surface area contributed by atoms with Gasteiger partial charge in [-0.25, -0.2) is 0 Å². The Hall–Kier alpha value is -2.04. The average Bonchev–Trinajstić information content (AvgIpc) is 2.74. The fourth-order valence-electron chi connectivity index (χ4n) is 3.91. The van der Waals surface area contributed by atoms with Gasteiger partial charge in [0.05, 0.1) is 6.42 Å². The van der Waals surface area contributed by atoms with Crippen molar-refractivity contribution in [3.63, 3.8) is 0 Å². The van der Waals surface area contributed by atoms with Crippen LogP contribution in [0.5, 0.6) is 5.75 Å². The number of anilines is 1. The van der Waals surface area contributed by atoms with E-state index < -0.39 is 11.9 Å². The number of carbonyl (C=O) groups excluding carboxylic acids is 1. The lowest BCUT2D eigenvalue weighted by molar-refractivity contribution is -0.140. The number of phenols is 1. The first kappa shape index (κ1) is 27.0. The maximum absolute atomic E-state index is 12.5. The number of unbranched alkanes of at least 4 members (excludes halogenated alkanes) is 13. The summed E-state index contributed by atoms with van der Waals surface area (Å²) < 4.78 is 0. The molecule has 0 bridgehead atoms. The van der Waals surface area contributed by atoms with Crippen molar-refractivity contribution in [1.29, 1.82) is 0 Å². The van der Waals surface area contributed by atoms with E-state index in [0.717, 1.165) is 19.3 Å². The second-order valence-corrected chi connectivity index (χ2v) is 8.72. The zero-order valence-corrected chi connectivity index (χ0v) is 19.4. The Morgan fingerprint density at radius 3 is 1.68 bits per heavy atom. The molecule has 1 atom stereocenters. The highest BCUT2D eigenvalue weighted by Gasteiger charge is 2.21. The number of aromatic hydroxyl groups is 1. The fraction of sp³-hybridized carbons (Fsp3) is 0.692. The van der Waals surface area contributed by atoms with E-state index in [4.69, 9.17) is 5.11 Å². The van der Waals surface area contributed by atoms with Gasteiger partial charge in [-0.2, -0.15) is 0 Å². The molecule has 176 valence electrons. The van der Waals surface area contributed by atoms with E-state index in [1.54, 1.807) is 12.1 Å². The molecule has 0 saturated carbocycles. The fourth-order valence-corrected chi connectivity index (χ4v) is 3.91. The van der Waals surface area contributed by atoms with Gasteiger partial charge in [-0.15, -0.1) is 0 Å². The van der Waals surface area contributed by atoms with E-state index >= 15 is 0 Å². The van der Waals surface area contributed by atoms with Crippen LogP contribution in [0.25, 0.3) is 0 Å². The highest BCUT2D eigenvalue weighted by molar-refractivity contribution is 5.94. The van der Waals surface area contributed by atoms with Gasteiger partial charge in [0, 0.05) is 11.6 Å². The van der Waals surface area contributed by atoms with Crippen molar-refractivity contribution < 1.29 is 19.8 Å². The number of hydrogen-bond donors (Lipinski definition) is 3. The molecule has 0 aliphatic rings. The van der Waals surface area contributed by atoms with Crippen molar-refractivity contribution in [1.82, 2.24) is 0 Å². The van der Waals surface area contributed by atoms with Gasteiger partial charge in [-0.05, 0) is 30.7 Å². The lowest BCUT2D eigenvalue weighted by Crippen LogP contribution is -2.25. The topological polar surface area (TPSA) is 86.6 Å². The van der Waals surface area contributed by atoms with Crippen LogP contribution < -0.4 is 5.32 Å². The summed E-state index contributed by atoms with van der Waals surface area (Å²) in [5.41, 5.74) is 0.569. The third kappa shape index (κ3) is 14.6. The Kier molecular flexibility index (Phi) is 15.3. The molecule has 5 heteroatoms. The van der Waals surface area contributed by atoms with Gasteiger partial charge < -0.3 is 15.5 Å². The SMILES string of the molecule is CCCCCCCCCCCCCCCCC(CC(=O)O)C(=O)Nc1ccc(O)cc1. The third-order valence-corrected chi connectivity index (χ3v) is 5.83. The smallest absolute Gasteiger partial charge is 0.304 e. The highest BCUT2D eigenvalue weighted by Crippen LogP contribution is 2.20. The predicted molar refractivity (Wildman–Crippen MR) is 127 cm³/mol. The van der Waals surface area contributed by atoms with Gasteiger partial charge in [-0.3, -0.25) is 9.59 Å². The second kappa shape index (κ2) is 17.6. The van der Waals surface area contributed by atoms with Crippen LogP contribution in [-0.4, -0.2) is 22.1 Å². The molecule has 0 fully saturated rings. The van der Waals surface area contributed by atoms with Gasteiger partial charge in [0.2, 0.25) is 5.91 Å². The summed E-state index contributed by atoms with van der Waals surface area (Å²) in [5.74, 6) is -1.61. The number of carboxylic acids is 1. The molecule has 0 saturated heterocycles. The van der Waals surface area contributed by atoms with Crippen molar-refractivity contribution in [2.75, 3.05) is 5.32 Å². The van der Waals surface area contributed by atoms with Gasteiger partial charge in [-0.1, -0.05) is 96.8 Å². The van der Waals surface area contributed by atoms with Crippen LogP contribution in [0.3, 0.4) is 0 Å². The van der Waals surface area contributed by atoms with E-state index in [0.29, 0.717) is 12.1 Å². The summed E-state index contributed by atoms with van der Waals surface area (Å²) in [4.78, 5) is 23.6. The lowest BCUT2D eigenvalue weighted by Gasteiger charge is -2.15. The maximum atomic E-state index is 12.5. The van der Waals surface area contributed by atoms with E-state index in [2.05, 4.69) is 12.2 Å². The summed E-state index contributed by atoms with van der Waals surface area (Å²) >= 11 is 0. The molecule has 0 aromatic heterocycles. The Bertz CT molecular complexity index is 600. The highest BCUT2D eigenvalue weighted by atomic mass is 16.4. The van der Waals surface area contributed by atoms with E-state index in [9.17, 15) is 14.7 Å². The summed E-state index contributed by atoms with van der Waals surface area (Å²) in [6.45, 7) is 2.25. The molecular formula is C26H43NO4. The van der Waals surface area contributed by atoms with Crippen LogP contribution in [0.4, 0.5) is 5.69 Å². The predicted octanol–water partition coefficient (Wildman–Crippen LogP) is 7.29. The quantitative estimate of drug-likeness (QED) is 0.158. The van der Waals surface area contributed by atoms with Crippen molar-refractivity contribution in [3.05, 3.63) is 24.3 Å². The Morgan fingerprint density at radius 1 is 0.774 bits per heavy atom. The summed E-state index contributed by atoms with van der Waals surface area (Å²) in [7, 11) is 0. The first-order valence-corrected chi connectivity index (χ1v) is 12.3. The normalized spacial score (nSPS) is 11.9. The number of benzene rings is 1. The van der Waals surface area contributed by atoms with E-state index in [1.807, 2.05) is 0 Å². The molecule has 1 aromatic carbocycles. The van der Waals surface area contributed by atoms with E-state index in [-0.39, 0.29) is 18.1 Å². The molecule has 0 heterocycles. The Morgan fingerprint density at radius 2 is 1.23 bits per heavy atom. The van der Waals surface area contributed by atoms with Crippen molar-refractivity contribution in [2.24, 2.45) is 5.92 Å². The number of carboxylic acid groups (broad SMARTS) is 1. The molecule has 0 radical (unpaired) electrons. The summed E-state index contributed by atoms with van der Waals surface area (Å²) in [6.07, 6.45) is 18.2. The number of hydrogen-bond acceptors (Lipinski definition) is 3. The summed E-state index contributed by atoms with van der Waals surface area (Å²) in [6, 6.07) is 6.21. The number of nitrogens with one attached hydrogen (secondary N) is 1. The molecule has 1 amide bonds. The van der Waals surface area contributed by atoms with Crippen LogP contribution in [0.1, 0.15) is 110 Å².